The number of rotatable bonds is 8. The van der Waals surface area contributed by atoms with Gasteiger partial charge in [-0.15, -0.1) is 0 Å². The number of amidine groups is 1. The minimum absolute atomic E-state index is 0.0632. The van der Waals surface area contributed by atoms with Gasteiger partial charge in [-0.1, -0.05) is 18.2 Å². The zero-order chi connectivity index (χ0) is 26.3. The topological polar surface area (TPSA) is 122 Å². The molecule has 3 aromatic rings. The molecule has 0 bridgehead atoms. The number of anilines is 3. The number of halogens is 6. The Hall–Kier alpha value is -4.30. The first-order valence-electron chi connectivity index (χ1n) is 10.1. The van der Waals surface area contributed by atoms with Gasteiger partial charge in [-0.2, -0.15) is 41.3 Å². The molecule has 0 unspecified atom stereocenters. The Balaban J connectivity index is 1.63. The molecule has 2 aromatic carbocycles. The van der Waals surface area contributed by atoms with Crippen molar-refractivity contribution < 1.29 is 35.8 Å². The minimum atomic E-state index is -4.99. The second kappa shape index (κ2) is 11.0. The molecule has 0 aliphatic rings. The van der Waals surface area contributed by atoms with Gasteiger partial charge in [-0.3, -0.25) is 5.41 Å². The van der Waals surface area contributed by atoms with Crippen LogP contribution in [-0.4, -0.2) is 51.3 Å². The van der Waals surface area contributed by atoms with E-state index >= 15 is 0 Å². The number of ether oxygens (including phenoxy) is 2. The lowest BCUT2D eigenvalue weighted by molar-refractivity contribution is -0.171. The molecule has 0 amide bonds. The minimum Gasteiger partial charge on any atom is -0.457 e. The highest BCUT2D eigenvalue weighted by atomic mass is 19.4. The lowest BCUT2D eigenvalue weighted by Gasteiger charge is -2.26. The molecule has 3 rings (SSSR count). The van der Waals surface area contributed by atoms with Gasteiger partial charge >= 0.3 is 12.4 Å². The van der Waals surface area contributed by atoms with Gasteiger partial charge in [0.25, 0.3) is 6.02 Å². The summed E-state index contributed by atoms with van der Waals surface area (Å²) in [5.74, 6) is 0.619. The molecular weight excluding hydrogens is 496 g/mol. The normalized spacial score (nSPS) is 11.6. The third kappa shape index (κ3) is 8.81. The van der Waals surface area contributed by atoms with Crippen LogP contribution in [0, 0.1) is 5.41 Å². The number of nitrogens with two attached hydrogens (primary N) is 1. The molecule has 0 saturated carbocycles. The largest absolute Gasteiger partial charge is 0.457 e. The molecule has 36 heavy (non-hydrogen) atoms. The van der Waals surface area contributed by atoms with Crippen molar-refractivity contribution in [3.63, 3.8) is 0 Å². The summed E-state index contributed by atoms with van der Waals surface area (Å²) in [6, 6.07) is 14.3. The van der Waals surface area contributed by atoms with E-state index in [-0.39, 0.29) is 22.6 Å². The van der Waals surface area contributed by atoms with Gasteiger partial charge in [-0.05, 0) is 36.4 Å². The van der Waals surface area contributed by atoms with Crippen LogP contribution in [0.3, 0.4) is 0 Å². The first kappa shape index (κ1) is 26.3. The maximum Gasteiger partial charge on any atom is 0.406 e. The lowest BCUT2D eigenvalue weighted by atomic mass is 10.3. The standard InChI is InChI=1S/C21H19F6N7O2/c22-20(23,24)11-34(12-21(25,26)27)18(29)35-10-16-31-17(28)33-19(32-16)30-13-6-8-15(9-7-13)36-14-4-2-1-3-5-14/h1-9,29H,10-12H2,(H3,28,30,31,32,33). The quantitative estimate of drug-likeness (QED) is 0.221. The van der Waals surface area contributed by atoms with Gasteiger partial charge in [0.15, 0.2) is 12.4 Å². The number of hydrogen-bond acceptors (Lipinski definition) is 8. The SMILES string of the molecule is N=C(OCc1nc(N)nc(Nc2ccc(Oc3ccccc3)cc2)n1)N(CC(F)(F)F)CC(F)(F)F. The number of benzene rings is 2. The summed E-state index contributed by atoms with van der Waals surface area (Å²) in [4.78, 5) is 11.3. The summed E-state index contributed by atoms with van der Waals surface area (Å²) in [6.07, 6.45) is -9.98. The monoisotopic (exact) mass is 515 g/mol. The lowest BCUT2D eigenvalue weighted by Crippen LogP contribution is -2.44. The third-order valence-electron chi connectivity index (χ3n) is 4.15. The third-order valence-corrected chi connectivity index (χ3v) is 4.15. The fourth-order valence-corrected chi connectivity index (χ4v) is 2.77. The zero-order valence-electron chi connectivity index (χ0n) is 18.3. The van der Waals surface area contributed by atoms with Crippen LogP contribution in [0.5, 0.6) is 11.5 Å². The van der Waals surface area contributed by atoms with Crippen LogP contribution >= 0.6 is 0 Å². The van der Waals surface area contributed by atoms with Crippen LogP contribution in [0.2, 0.25) is 0 Å². The van der Waals surface area contributed by atoms with Gasteiger partial charge in [0.2, 0.25) is 11.9 Å². The first-order chi connectivity index (χ1) is 16.9. The van der Waals surface area contributed by atoms with Gasteiger partial charge in [0.1, 0.15) is 24.6 Å². The molecule has 0 spiro atoms. The van der Waals surface area contributed by atoms with Crippen molar-refractivity contribution in [3.8, 4) is 11.5 Å². The van der Waals surface area contributed by atoms with E-state index in [1.165, 1.54) is 0 Å². The Kier molecular flexibility index (Phi) is 8.01. The molecular formula is C21H19F6N7O2. The van der Waals surface area contributed by atoms with Crippen LogP contribution in [-0.2, 0) is 11.3 Å². The highest BCUT2D eigenvalue weighted by Gasteiger charge is 2.39. The van der Waals surface area contributed by atoms with Gasteiger partial charge < -0.3 is 25.4 Å². The highest BCUT2D eigenvalue weighted by Crippen LogP contribution is 2.24. The molecule has 0 aliphatic heterocycles. The van der Waals surface area contributed by atoms with Crippen molar-refractivity contribution in [2.24, 2.45) is 0 Å². The van der Waals surface area contributed by atoms with Crippen molar-refractivity contribution in [1.29, 1.82) is 5.41 Å². The number of alkyl halides is 6. The van der Waals surface area contributed by atoms with Crippen molar-refractivity contribution >= 4 is 23.6 Å². The molecule has 15 heteroatoms. The Morgan fingerprint density at radius 3 is 2.03 bits per heavy atom. The van der Waals surface area contributed by atoms with Crippen molar-refractivity contribution in [2.45, 2.75) is 19.0 Å². The van der Waals surface area contributed by atoms with Crippen LogP contribution in [0.25, 0.3) is 0 Å². The molecule has 0 saturated heterocycles. The number of nitrogens with one attached hydrogen (secondary N) is 2. The first-order valence-corrected chi connectivity index (χ1v) is 10.1. The van der Waals surface area contributed by atoms with Crippen LogP contribution < -0.4 is 15.8 Å². The van der Waals surface area contributed by atoms with E-state index in [9.17, 15) is 26.3 Å². The molecule has 0 aliphatic carbocycles. The molecule has 1 heterocycles. The van der Waals surface area contributed by atoms with Crippen molar-refractivity contribution in [2.75, 3.05) is 24.1 Å². The van der Waals surface area contributed by atoms with E-state index in [2.05, 4.69) is 20.3 Å². The summed E-state index contributed by atoms with van der Waals surface area (Å²) in [7, 11) is 0. The molecule has 0 atom stereocenters. The Bertz CT molecular complexity index is 1140. The summed E-state index contributed by atoms with van der Waals surface area (Å²) < 4.78 is 86.2. The number of para-hydroxylation sites is 1. The van der Waals surface area contributed by atoms with E-state index < -0.39 is 38.1 Å². The molecule has 0 fully saturated rings. The van der Waals surface area contributed by atoms with Crippen molar-refractivity contribution in [1.82, 2.24) is 19.9 Å². The second-order valence-electron chi connectivity index (χ2n) is 7.18. The fraction of sp³-hybridized carbons (Fsp3) is 0.238. The van der Waals surface area contributed by atoms with Crippen LogP contribution in [0.1, 0.15) is 5.82 Å². The number of hydrogen-bond donors (Lipinski definition) is 3. The van der Waals surface area contributed by atoms with E-state index in [0.717, 1.165) is 0 Å². The van der Waals surface area contributed by atoms with Crippen LogP contribution in [0.15, 0.2) is 54.6 Å². The van der Waals surface area contributed by atoms with E-state index in [0.29, 0.717) is 17.2 Å². The van der Waals surface area contributed by atoms with E-state index in [1.54, 1.807) is 36.4 Å². The maximum absolute atomic E-state index is 12.6. The molecule has 4 N–H and O–H groups in total. The number of nitrogens with zero attached hydrogens (tertiary/aromatic N) is 4. The Morgan fingerprint density at radius 2 is 1.44 bits per heavy atom. The average molecular weight is 515 g/mol. The molecule has 9 nitrogen and oxygen atoms in total. The summed E-state index contributed by atoms with van der Waals surface area (Å²) in [5, 5.41) is 10.4. The van der Waals surface area contributed by atoms with E-state index in [1.807, 2.05) is 18.2 Å². The number of aromatic nitrogens is 3. The van der Waals surface area contributed by atoms with Crippen molar-refractivity contribution in [3.05, 3.63) is 60.4 Å². The van der Waals surface area contributed by atoms with Crippen LogP contribution in [0.4, 0.5) is 43.9 Å². The summed E-state index contributed by atoms with van der Waals surface area (Å²) >= 11 is 0. The van der Waals surface area contributed by atoms with E-state index in [4.69, 9.17) is 20.6 Å². The Labute approximate surface area is 200 Å². The average Bonchev–Trinajstić information content (AvgIpc) is 2.77. The van der Waals surface area contributed by atoms with Gasteiger partial charge in [0, 0.05) is 5.69 Å². The summed E-state index contributed by atoms with van der Waals surface area (Å²) in [6.45, 7) is -4.78. The second-order valence-corrected chi connectivity index (χ2v) is 7.18. The highest BCUT2D eigenvalue weighted by molar-refractivity contribution is 5.70. The predicted octanol–water partition coefficient (Wildman–Crippen LogP) is 4.87. The predicted molar refractivity (Wildman–Crippen MR) is 117 cm³/mol. The maximum atomic E-state index is 12.6. The molecule has 1 aromatic heterocycles. The zero-order valence-corrected chi connectivity index (χ0v) is 18.3. The molecule has 192 valence electrons. The smallest absolute Gasteiger partial charge is 0.406 e. The fourth-order valence-electron chi connectivity index (χ4n) is 2.77. The Morgan fingerprint density at radius 1 is 0.861 bits per heavy atom. The van der Waals surface area contributed by atoms with Gasteiger partial charge in [-0.25, -0.2) is 0 Å². The molecule has 0 radical (unpaired) electrons. The van der Waals surface area contributed by atoms with Gasteiger partial charge in [0.05, 0.1) is 0 Å². The number of nitrogen functional groups attached to an aromatic ring is 1. The summed E-state index contributed by atoms with van der Waals surface area (Å²) in [5.41, 5.74) is 6.13.